The molecule has 53 heavy (non-hydrogen) atoms. The van der Waals surface area contributed by atoms with Gasteiger partial charge in [-0.3, -0.25) is 9.36 Å². The average molecular weight is 764 g/mol. The number of quaternary nitrogens is 1. The van der Waals surface area contributed by atoms with Gasteiger partial charge in [-0.25, -0.2) is 0 Å². The molecule has 2 atom stereocenters. The maximum Gasteiger partial charge on any atom is 0.305 e. The van der Waals surface area contributed by atoms with Crippen LogP contribution in [0.3, 0.4) is 0 Å². The number of phosphoric ester groups is 1. The van der Waals surface area contributed by atoms with Gasteiger partial charge in [0.1, 0.15) is 25.9 Å². The van der Waals surface area contributed by atoms with E-state index < -0.39 is 26.5 Å². The second-order valence-electron chi connectivity index (χ2n) is 14.8. The summed E-state index contributed by atoms with van der Waals surface area (Å²) < 4.78 is 26.8. The van der Waals surface area contributed by atoms with E-state index in [0.717, 1.165) is 57.8 Å². The predicted molar refractivity (Wildman–Crippen MR) is 221 cm³/mol. The highest BCUT2D eigenvalue weighted by atomic mass is 31.2. The van der Waals surface area contributed by atoms with Crippen molar-refractivity contribution in [2.24, 2.45) is 0 Å². The molecule has 9 heteroatoms. The molecule has 1 N–H and O–H groups in total. The molecule has 0 saturated carbocycles. The highest BCUT2D eigenvalue weighted by Crippen LogP contribution is 2.38. The number of nitrogens with zero attached hydrogens (tertiary/aromatic N) is 1. The molecule has 8 nitrogen and oxygen atoms in total. The molecule has 0 heterocycles. The zero-order chi connectivity index (χ0) is 39.1. The molecule has 0 aliphatic rings. The van der Waals surface area contributed by atoms with Crippen LogP contribution in [0.25, 0.3) is 0 Å². The van der Waals surface area contributed by atoms with Crippen LogP contribution in [0.5, 0.6) is 0 Å². The van der Waals surface area contributed by atoms with Gasteiger partial charge in [0.25, 0.3) is 7.82 Å². The first kappa shape index (κ1) is 50.9. The molecule has 0 saturated heterocycles. The second kappa shape index (κ2) is 36.9. The Hall–Kier alpha value is -2.06. The summed E-state index contributed by atoms with van der Waals surface area (Å²) in [4.78, 5) is 23.7. The van der Waals surface area contributed by atoms with Crippen LogP contribution in [0.15, 0.2) is 72.9 Å². The number of esters is 1. The fourth-order valence-electron chi connectivity index (χ4n) is 5.24. The molecule has 0 aromatic heterocycles. The Bertz CT molecular complexity index is 1070. The van der Waals surface area contributed by atoms with E-state index in [2.05, 4.69) is 84.4 Å². The van der Waals surface area contributed by atoms with Gasteiger partial charge in [0, 0.05) is 6.42 Å². The number of phosphoric acid groups is 1. The van der Waals surface area contributed by atoms with Crippen LogP contribution in [0.4, 0.5) is 0 Å². The van der Waals surface area contributed by atoms with Crippen LogP contribution in [-0.2, 0) is 23.1 Å². The molecule has 0 aliphatic heterocycles. The average Bonchev–Trinajstić information content (AvgIpc) is 3.11. The molecule has 0 aliphatic carbocycles. The zero-order valence-corrected chi connectivity index (χ0v) is 35.1. The summed E-state index contributed by atoms with van der Waals surface area (Å²) in [6, 6.07) is 0. The number of hydrogen-bond donors (Lipinski definition) is 1. The number of carbonyl (C=O) groups is 1. The van der Waals surface area contributed by atoms with Gasteiger partial charge in [0.05, 0.1) is 27.7 Å². The molecular weight excluding hydrogens is 685 g/mol. The van der Waals surface area contributed by atoms with Crippen molar-refractivity contribution in [3.63, 3.8) is 0 Å². The Morgan fingerprint density at radius 3 is 1.43 bits per heavy atom. The van der Waals surface area contributed by atoms with Crippen molar-refractivity contribution >= 4 is 13.8 Å². The number of hydrogen-bond acceptors (Lipinski definition) is 7. The first-order valence-corrected chi connectivity index (χ1v) is 22.2. The van der Waals surface area contributed by atoms with Gasteiger partial charge >= 0.3 is 5.97 Å². The van der Waals surface area contributed by atoms with Crippen LogP contribution in [0.1, 0.15) is 148 Å². The van der Waals surface area contributed by atoms with Gasteiger partial charge < -0.3 is 28.3 Å². The van der Waals surface area contributed by atoms with Gasteiger partial charge in [-0.1, -0.05) is 157 Å². The molecule has 0 spiro atoms. The molecule has 0 amide bonds. The molecule has 306 valence electrons. The number of rotatable bonds is 37. The van der Waals surface area contributed by atoms with Gasteiger partial charge in [-0.05, 0) is 57.8 Å². The standard InChI is InChI=1S/C44H78NO7P/c1-5-6-7-8-9-10-11-12-13-14-15-16-17-18-19-20-21-22-23-24-25-26-27-28-29-30-31-32-33-34-35-36-37-38-44(47)50-41-43(46)42-52-53(48,49)51-40-39-45(2,3)4/h6-7,9-10,12-13,15-16,18-19,21-22,43,46H,5,8,11,14,17,20,23-42H2,1-4H3/b7-6-,10-9-,13-12-,16-15-,19-18-,22-21-. The number of allylic oxidation sites excluding steroid dienone is 12. The normalized spacial score (nSPS) is 14.6. The summed E-state index contributed by atoms with van der Waals surface area (Å²) in [5.41, 5.74) is 0. The molecular formula is C44H78NO7P. The number of aliphatic hydroxyl groups is 1. The molecule has 0 fully saturated rings. The summed E-state index contributed by atoms with van der Waals surface area (Å²) in [6.45, 7) is 1.83. The quantitative estimate of drug-likeness (QED) is 0.0221. The lowest BCUT2D eigenvalue weighted by Crippen LogP contribution is -2.37. The van der Waals surface area contributed by atoms with E-state index in [1.54, 1.807) is 0 Å². The Balaban J connectivity index is 3.46. The van der Waals surface area contributed by atoms with Crippen molar-refractivity contribution < 1.29 is 37.6 Å². The van der Waals surface area contributed by atoms with Crippen molar-refractivity contribution in [1.82, 2.24) is 0 Å². The number of aliphatic hydroxyl groups excluding tert-OH is 1. The Labute approximate surface area is 325 Å². The van der Waals surface area contributed by atoms with E-state index >= 15 is 0 Å². The van der Waals surface area contributed by atoms with Crippen molar-refractivity contribution in [2.45, 2.75) is 154 Å². The molecule has 0 rings (SSSR count). The van der Waals surface area contributed by atoms with E-state index in [1.165, 1.54) is 77.0 Å². The molecule has 2 unspecified atom stereocenters. The summed E-state index contributed by atoms with van der Waals surface area (Å²) in [5, 5.41) is 9.88. The van der Waals surface area contributed by atoms with E-state index in [1.807, 2.05) is 21.1 Å². The van der Waals surface area contributed by atoms with Crippen LogP contribution >= 0.6 is 7.82 Å². The van der Waals surface area contributed by atoms with Crippen LogP contribution in [-0.4, -0.2) is 69.2 Å². The first-order valence-electron chi connectivity index (χ1n) is 20.7. The SMILES string of the molecule is CC/C=C\C/C=C\C/C=C\C/C=C\C/C=C\C/C=C\CCCCCCCCCCCCCCCCC(=O)OCC(O)COP(=O)([O-])OCC[N+](C)(C)C. The second-order valence-corrected chi connectivity index (χ2v) is 16.2. The van der Waals surface area contributed by atoms with Crippen LogP contribution < -0.4 is 4.89 Å². The highest BCUT2D eigenvalue weighted by Gasteiger charge is 2.16. The smallest absolute Gasteiger partial charge is 0.305 e. The molecule has 0 radical (unpaired) electrons. The maximum atomic E-state index is 11.9. The fourth-order valence-corrected chi connectivity index (χ4v) is 5.98. The third kappa shape index (κ3) is 42.5. The highest BCUT2D eigenvalue weighted by molar-refractivity contribution is 7.45. The monoisotopic (exact) mass is 764 g/mol. The van der Waals surface area contributed by atoms with Gasteiger partial charge in [0.15, 0.2) is 0 Å². The Kier molecular flexibility index (Phi) is 35.5. The van der Waals surface area contributed by atoms with E-state index in [4.69, 9.17) is 9.26 Å². The first-order chi connectivity index (χ1) is 25.6. The minimum atomic E-state index is -4.50. The van der Waals surface area contributed by atoms with Crippen molar-refractivity contribution in [1.29, 1.82) is 0 Å². The third-order valence-electron chi connectivity index (χ3n) is 8.47. The van der Waals surface area contributed by atoms with Crippen molar-refractivity contribution in [2.75, 3.05) is 47.5 Å². The lowest BCUT2D eigenvalue weighted by atomic mass is 10.0. The van der Waals surface area contributed by atoms with E-state index in [-0.39, 0.29) is 13.2 Å². The van der Waals surface area contributed by atoms with E-state index in [0.29, 0.717) is 17.4 Å². The van der Waals surface area contributed by atoms with Crippen LogP contribution in [0.2, 0.25) is 0 Å². The minimum Gasteiger partial charge on any atom is -0.756 e. The van der Waals surface area contributed by atoms with Gasteiger partial charge in [-0.2, -0.15) is 0 Å². The summed E-state index contributed by atoms with van der Waals surface area (Å²) in [7, 11) is 1.24. The van der Waals surface area contributed by atoms with Crippen LogP contribution in [0, 0.1) is 0 Å². The molecule has 0 bridgehead atoms. The Morgan fingerprint density at radius 1 is 0.604 bits per heavy atom. The number of carbonyl (C=O) groups excluding carboxylic acids is 1. The van der Waals surface area contributed by atoms with Gasteiger partial charge in [0.2, 0.25) is 0 Å². The molecule has 0 aromatic carbocycles. The Morgan fingerprint density at radius 2 is 1.00 bits per heavy atom. The fraction of sp³-hybridized carbons (Fsp3) is 0.705. The van der Waals surface area contributed by atoms with Gasteiger partial charge in [-0.15, -0.1) is 0 Å². The van der Waals surface area contributed by atoms with E-state index in [9.17, 15) is 19.4 Å². The zero-order valence-electron chi connectivity index (χ0n) is 34.2. The number of unbranched alkanes of at least 4 members (excludes halogenated alkanes) is 14. The summed E-state index contributed by atoms with van der Waals surface area (Å²) >= 11 is 0. The number of ether oxygens (including phenoxy) is 1. The predicted octanol–water partition coefficient (Wildman–Crippen LogP) is 11.0. The maximum absolute atomic E-state index is 11.9. The summed E-state index contributed by atoms with van der Waals surface area (Å²) in [6.07, 6.45) is 50.7. The number of likely N-dealkylation sites (N-methyl/N-ethyl adjacent to an activating group) is 1. The lowest BCUT2D eigenvalue weighted by molar-refractivity contribution is -0.870. The largest absolute Gasteiger partial charge is 0.756 e. The lowest BCUT2D eigenvalue weighted by Gasteiger charge is -2.27. The minimum absolute atomic E-state index is 0.0104. The topological polar surface area (TPSA) is 105 Å². The summed E-state index contributed by atoms with van der Waals surface area (Å²) in [5.74, 6) is -0.390. The third-order valence-corrected chi connectivity index (χ3v) is 9.44. The van der Waals surface area contributed by atoms with Crippen molar-refractivity contribution in [3.05, 3.63) is 72.9 Å². The molecule has 0 aromatic rings. The van der Waals surface area contributed by atoms with Crippen molar-refractivity contribution in [3.8, 4) is 0 Å².